The summed E-state index contributed by atoms with van der Waals surface area (Å²) in [6, 6.07) is 0. The highest BCUT2D eigenvalue weighted by Crippen LogP contribution is 2.12. The van der Waals surface area contributed by atoms with Crippen molar-refractivity contribution in [1.82, 2.24) is 9.97 Å². The van der Waals surface area contributed by atoms with Crippen LogP contribution in [0.3, 0.4) is 0 Å². The number of aliphatic hydroxyl groups excluding tert-OH is 1. The van der Waals surface area contributed by atoms with E-state index in [1.165, 1.54) is 12.4 Å². The topological polar surface area (TPSA) is 58.0 Å². The van der Waals surface area contributed by atoms with E-state index in [0.717, 1.165) is 0 Å². The molecule has 0 spiro atoms. The normalized spacial score (nSPS) is 11.4. The Morgan fingerprint density at radius 2 is 2.00 bits per heavy atom. The first-order valence-electron chi connectivity index (χ1n) is 3.73. The van der Waals surface area contributed by atoms with Gasteiger partial charge in [-0.25, -0.2) is 18.7 Å². The Balaban J connectivity index is 2.50. The molecular weight excluding hydrogens is 216 g/mol. The summed E-state index contributed by atoms with van der Waals surface area (Å²) < 4.78 is 25.0. The zero-order valence-corrected chi connectivity index (χ0v) is 7.80. The van der Waals surface area contributed by atoms with Gasteiger partial charge in [-0.05, 0) is 0 Å². The summed E-state index contributed by atoms with van der Waals surface area (Å²) in [6.45, 7) is -1.93. The molecule has 78 valence electrons. The second kappa shape index (κ2) is 4.47. The molecule has 1 aromatic rings. The Hall–Kier alpha value is -1.01. The zero-order valence-electron chi connectivity index (χ0n) is 7.04. The number of nitrogens with one attached hydrogen (secondary N) is 1. The fourth-order valence-electron chi connectivity index (χ4n) is 0.668. The van der Waals surface area contributed by atoms with E-state index in [2.05, 4.69) is 15.3 Å². The van der Waals surface area contributed by atoms with Gasteiger partial charge in [0, 0.05) is 0 Å². The quantitative estimate of drug-likeness (QED) is 0.805. The average Bonchev–Trinajstić information content (AvgIpc) is 2.17. The van der Waals surface area contributed by atoms with Gasteiger partial charge in [-0.2, -0.15) is 0 Å². The molecule has 0 aliphatic carbocycles. The summed E-state index contributed by atoms with van der Waals surface area (Å²) >= 11 is 5.49. The van der Waals surface area contributed by atoms with E-state index in [1.54, 1.807) is 0 Å². The fraction of sp³-hybridized carbons (Fsp3) is 0.429. The molecule has 0 unspecified atom stereocenters. The monoisotopic (exact) mass is 223 g/mol. The Labute approximate surface area is 83.9 Å². The molecule has 0 aliphatic rings. The fourth-order valence-corrected chi connectivity index (χ4v) is 0.765. The predicted octanol–water partition coefficient (Wildman–Crippen LogP) is 1.17. The molecule has 0 amide bonds. The van der Waals surface area contributed by atoms with Crippen molar-refractivity contribution >= 4 is 17.5 Å². The van der Waals surface area contributed by atoms with Gasteiger partial charge in [0.1, 0.15) is 6.61 Å². The Bertz CT molecular complexity index is 293. The molecule has 1 aromatic heterocycles. The first-order chi connectivity index (χ1) is 6.53. The van der Waals surface area contributed by atoms with Gasteiger partial charge in [0.15, 0.2) is 0 Å². The van der Waals surface area contributed by atoms with E-state index in [9.17, 15) is 8.78 Å². The summed E-state index contributed by atoms with van der Waals surface area (Å²) in [5, 5.41) is 10.9. The lowest BCUT2D eigenvalue weighted by Crippen LogP contribution is -2.31. The molecular formula is C7H8ClF2N3O. The van der Waals surface area contributed by atoms with E-state index in [1.807, 2.05) is 0 Å². The lowest BCUT2D eigenvalue weighted by molar-refractivity contribution is -0.0374. The highest BCUT2D eigenvalue weighted by atomic mass is 35.5. The molecule has 0 bridgehead atoms. The van der Waals surface area contributed by atoms with Crippen LogP contribution in [0.1, 0.15) is 0 Å². The van der Waals surface area contributed by atoms with E-state index < -0.39 is 19.1 Å². The van der Waals surface area contributed by atoms with E-state index in [4.69, 9.17) is 16.7 Å². The first kappa shape index (κ1) is 11.1. The third-order valence-electron chi connectivity index (χ3n) is 1.36. The van der Waals surface area contributed by atoms with Gasteiger partial charge in [-0.1, -0.05) is 11.6 Å². The molecule has 0 radical (unpaired) electrons. The smallest absolute Gasteiger partial charge is 0.287 e. The Morgan fingerprint density at radius 1 is 1.43 bits per heavy atom. The summed E-state index contributed by atoms with van der Waals surface area (Å²) in [5.41, 5.74) is 0. The van der Waals surface area contributed by atoms with Gasteiger partial charge in [-0.15, -0.1) is 0 Å². The average molecular weight is 224 g/mol. The largest absolute Gasteiger partial charge is 0.390 e. The van der Waals surface area contributed by atoms with E-state index in [0.29, 0.717) is 5.02 Å². The lowest BCUT2D eigenvalue weighted by atomic mass is 10.3. The molecule has 4 nitrogen and oxygen atoms in total. The van der Waals surface area contributed by atoms with Crippen LogP contribution in [0.4, 0.5) is 14.7 Å². The molecule has 0 fully saturated rings. The number of halogens is 3. The number of aromatic nitrogens is 2. The minimum absolute atomic E-state index is 0.0440. The third kappa shape index (κ3) is 3.39. The molecule has 0 atom stereocenters. The van der Waals surface area contributed by atoms with Gasteiger partial charge in [0.05, 0.1) is 24.0 Å². The van der Waals surface area contributed by atoms with Crippen LogP contribution in [0.5, 0.6) is 0 Å². The van der Waals surface area contributed by atoms with Crippen molar-refractivity contribution in [1.29, 1.82) is 0 Å². The summed E-state index contributed by atoms with van der Waals surface area (Å²) in [6.07, 6.45) is 2.57. The van der Waals surface area contributed by atoms with Crippen LogP contribution in [0, 0.1) is 0 Å². The van der Waals surface area contributed by atoms with Gasteiger partial charge in [0.25, 0.3) is 5.92 Å². The van der Waals surface area contributed by atoms with Crippen molar-refractivity contribution in [3.05, 3.63) is 17.4 Å². The standard InChI is InChI=1S/C7H8ClF2N3O/c8-5-1-11-6(12-2-5)13-3-7(9,10)4-14/h1-2,14H,3-4H2,(H,11,12,13). The second-order valence-corrected chi connectivity index (χ2v) is 3.03. The van der Waals surface area contributed by atoms with Crippen LogP contribution in [0.2, 0.25) is 5.02 Å². The molecule has 0 saturated carbocycles. The van der Waals surface area contributed by atoms with Crippen molar-refractivity contribution in [2.45, 2.75) is 5.92 Å². The molecule has 1 rings (SSSR count). The number of rotatable bonds is 4. The molecule has 1 heterocycles. The maximum atomic E-state index is 12.5. The SMILES string of the molecule is OCC(F)(F)CNc1ncc(Cl)cn1. The summed E-state index contributed by atoms with van der Waals surface area (Å²) in [7, 11) is 0. The minimum Gasteiger partial charge on any atom is -0.390 e. The number of hydrogen-bond acceptors (Lipinski definition) is 4. The maximum Gasteiger partial charge on any atom is 0.287 e. The van der Waals surface area contributed by atoms with Crippen molar-refractivity contribution < 1.29 is 13.9 Å². The van der Waals surface area contributed by atoms with Crippen LogP contribution >= 0.6 is 11.6 Å². The van der Waals surface area contributed by atoms with Crippen LogP contribution in [-0.2, 0) is 0 Å². The van der Waals surface area contributed by atoms with Gasteiger partial charge < -0.3 is 10.4 Å². The van der Waals surface area contributed by atoms with Crippen LogP contribution < -0.4 is 5.32 Å². The Morgan fingerprint density at radius 3 is 2.50 bits per heavy atom. The molecule has 0 aromatic carbocycles. The maximum absolute atomic E-state index is 12.5. The molecule has 14 heavy (non-hydrogen) atoms. The number of anilines is 1. The summed E-state index contributed by atoms with van der Waals surface area (Å²) in [4.78, 5) is 7.29. The molecule has 0 saturated heterocycles. The first-order valence-corrected chi connectivity index (χ1v) is 4.11. The van der Waals surface area contributed by atoms with Crippen LogP contribution in [0.25, 0.3) is 0 Å². The van der Waals surface area contributed by atoms with Crippen LogP contribution in [-0.4, -0.2) is 34.1 Å². The van der Waals surface area contributed by atoms with Crippen molar-refractivity contribution in [2.75, 3.05) is 18.5 Å². The number of nitrogens with zero attached hydrogens (tertiary/aromatic N) is 2. The Kier molecular flexibility index (Phi) is 3.54. The van der Waals surface area contributed by atoms with Crippen molar-refractivity contribution in [2.24, 2.45) is 0 Å². The van der Waals surface area contributed by atoms with Crippen molar-refractivity contribution in [3.63, 3.8) is 0 Å². The van der Waals surface area contributed by atoms with Gasteiger partial charge in [-0.3, -0.25) is 0 Å². The molecule has 2 N–H and O–H groups in total. The van der Waals surface area contributed by atoms with Crippen LogP contribution in [0.15, 0.2) is 12.4 Å². The highest BCUT2D eigenvalue weighted by molar-refractivity contribution is 6.30. The summed E-state index contributed by atoms with van der Waals surface area (Å²) in [5.74, 6) is -3.13. The minimum atomic E-state index is -3.18. The number of alkyl halides is 2. The molecule has 7 heteroatoms. The number of hydrogen-bond donors (Lipinski definition) is 2. The van der Waals surface area contributed by atoms with Crippen molar-refractivity contribution in [3.8, 4) is 0 Å². The predicted molar refractivity (Wildman–Crippen MR) is 47.6 cm³/mol. The molecule has 0 aliphatic heterocycles. The van der Waals surface area contributed by atoms with E-state index >= 15 is 0 Å². The lowest BCUT2D eigenvalue weighted by Gasteiger charge is -2.13. The van der Waals surface area contributed by atoms with E-state index in [-0.39, 0.29) is 5.95 Å². The van der Waals surface area contributed by atoms with Gasteiger partial charge >= 0.3 is 0 Å². The zero-order chi connectivity index (χ0) is 10.6. The highest BCUT2D eigenvalue weighted by Gasteiger charge is 2.27. The third-order valence-corrected chi connectivity index (χ3v) is 1.55. The second-order valence-electron chi connectivity index (χ2n) is 2.59. The number of aliphatic hydroxyl groups is 1. The van der Waals surface area contributed by atoms with Gasteiger partial charge in [0.2, 0.25) is 5.95 Å².